The number of carbonyl (C=O) groups is 2. The Hall–Kier alpha value is -2.05. The topological polar surface area (TPSA) is 62.3 Å². The van der Waals surface area contributed by atoms with Crippen LogP contribution in [0.2, 0.25) is 0 Å². The van der Waals surface area contributed by atoms with Crippen molar-refractivity contribution in [2.24, 2.45) is 0 Å². The van der Waals surface area contributed by atoms with Gasteiger partial charge in [0, 0.05) is 24.2 Å². The fraction of sp³-hybridized carbons (Fsp3) is 0.421. The fourth-order valence-corrected chi connectivity index (χ4v) is 3.99. The summed E-state index contributed by atoms with van der Waals surface area (Å²) in [7, 11) is 0. The lowest BCUT2D eigenvalue weighted by molar-refractivity contribution is 0.0952. The van der Waals surface area contributed by atoms with Crippen molar-refractivity contribution in [3.05, 3.63) is 40.4 Å². The van der Waals surface area contributed by atoms with Gasteiger partial charge in [-0.05, 0) is 45.8 Å². The molecule has 0 radical (unpaired) electrons. The van der Waals surface area contributed by atoms with Crippen LogP contribution in [-0.4, -0.2) is 47.8 Å². The van der Waals surface area contributed by atoms with Gasteiger partial charge in [-0.15, -0.1) is 11.3 Å². The highest BCUT2D eigenvalue weighted by Gasteiger charge is 2.17. The summed E-state index contributed by atoms with van der Waals surface area (Å²) in [4.78, 5) is 31.5. The molecule has 1 saturated heterocycles. The number of hydrogen-bond acceptors (Lipinski definition) is 5. The molecule has 1 aliphatic rings. The summed E-state index contributed by atoms with van der Waals surface area (Å²) in [6, 6.07) is 7.38. The first kappa shape index (κ1) is 17.8. The summed E-state index contributed by atoms with van der Waals surface area (Å²) in [6.45, 7) is 7.22. The molecule has 25 heavy (non-hydrogen) atoms. The molecule has 6 heteroatoms. The first-order valence-corrected chi connectivity index (χ1v) is 9.45. The highest BCUT2D eigenvalue weighted by Crippen LogP contribution is 2.28. The van der Waals surface area contributed by atoms with Gasteiger partial charge in [0.05, 0.1) is 5.69 Å². The largest absolute Gasteiger partial charge is 0.350 e. The van der Waals surface area contributed by atoms with Crippen LogP contribution in [0.15, 0.2) is 24.3 Å². The first-order valence-electron chi connectivity index (χ1n) is 8.64. The number of aryl methyl sites for hydroxylation is 1. The highest BCUT2D eigenvalue weighted by atomic mass is 32.1. The standard InChI is InChI=1S/C19H23N3O2S/c1-13-17(18(24)20-8-11-22-9-3-4-10-22)25-19(21-13)16-7-5-6-15(12-16)14(2)23/h5-7,12H,3-4,8-11H2,1-2H3,(H,20,24). The molecule has 1 amide bonds. The monoisotopic (exact) mass is 357 g/mol. The number of likely N-dealkylation sites (tertiary alicyclic amines) is 1. The van der Waals surface area contributed by atoms with Crippen molar-refractivity contribution in [3.63, 3.8) is 0 Å². The van der Waals surface area contributed by atoms with Crippen LogP contribution in [0.4, 0.5) is 0 Å². The zero-order chi connectivity index (χ0) is 17.8. The molecule has 1 aromatic carbocycles. The molecule has 2 heterocycles. The fourth-order valence-electron chi connectivity index (χ4n) is 3.02. The molecule has 5 nitrogen and oxygen atoms in total. The molecular weight excluding hydrogens is 334 g/mol. The van der Waals surface area contributed by atoms with Gasteiger partial charge >= 0.3 is 0 Å². The van der Waals surface area contributed by atoms with Gasteiger partial charge in [-0.1, -0.05) is 18.2 Å². The average molecular weight is 357 g/mol. The third-order valence-corrected chi connectivity index (χ3v) is 5.64. The number of aromatic nitrogens is 1. The van der Waals surface area contributed by atoms with E-state index in [-0.39, 0.29) is 11.7 Å². The molecule has 0 unspecified atom stereocenters. The average Bonchev–Trinajstić information content (AvgIpc) is 3.24. The number of carbonyl (C=O) groups excluding carboxylic acids is 2. The molecule has 0 saturated carbocycles. The summed E-state index contributed by atoms with van der Waals surface area (Å²) in [6.07, 6.45) is 2.51. The summed E-state index contributed by atoms with van der Waals surface area (Å²) in [5, 5.41) is 3.77. The van der Waals surface area contributed by atoms with E-state index in [1.807, 2.05) is 25.1 Å². The summed E-state index contributed by atoms with van der Waals surface area (Å²) in [5.74, 6) is -0.0434. The minimum Gasteiger partial charge on any atom is -0.350 e. The van der Waals surface area contributed by atoms with Crippen molar-refractivity contribution >= 4 is 23.0 Å². The summed E-state index contributed by atoms with van der Waals surface area (Å²) < 4.78 is 0. The SMILES string of the molecule is CC(=O)c1cccc(-c2nc(C)c(C(=O)NCCN3CCCC3)s2)c1. The molecule has 1 fully saturated rings. The van der Waals surface area contributed by atoms with Crippen LogP contribution in [0.5, 0.6) is 0 Å². The molecule has 1 N–H and O–H groups in total. The lowest BCUT2D eigenvalue weighted by atomic mass is 10.1. The Kier molecular flexibility index (Phi) is 5.60. The predicted octanol–water partition coefficient (Wildman–Crippen LogP) is 3.15. The van der Waals surface area contributed by atoms with Gasteiger partial charge in [-0.3, -0.25) is 9.59 Å². The van der Waals surface area contributed by atoms with E-state index in [1.54, 1.807) is 13.0 Å². The van der Waals surface area contributed by atoms with Crippen LogP contribution in [0.25, 0.3) is 10.6 Å². The number of hydrogen-bond donors (Lipinski definition) is 1. The van der Waals surface area contributed by atoms with Crippen molar-refractivity contribution < 1.29 is 9.59 Å². The van der Waals surface area contributed by atoms with E-state index in [1.165, 1.54) is 24.2 Å². The third kappa shape index (κ3) is 4.32. The van der Waals surface area contributed by atoms with Gasteiger partial charge in [0.25, 0.3) is 5.91 Å². The normalized spacial score (nSPS) is 14.6. The Morgan fingerprint density at radius 1 is 1.28 bits per heavy atom. The maximum Gasteiger partial charge on any atom is 0.263 e. The maximum absolute atomic E-state index is 12.4. The van der Waals surface area contributed by atoms with Gasteiger partial charge in [-0.25, -0.2) is 4.98 Å². The Morgan fingerprint density at radius 2 is 2.04 bits per heavy atom. The van der Waals surface area contributed by atoms with E-state index < -0.39 is 0 Å². The summed E-state index contributed by atoms with van der Waals surface area (Å²) in [5.41, 5.74) is 2.26. The van der Waals surface area contributed by atoms with Crippen molar-refractivity contribution in [2.45, 2.75) is 26.7 Å². The van der Waals surface area contributed by atoms with Gasteiger partial charge in [0.2, 0.25) is 0 Å². The smallest absolute Gasteiger partial charge is 0.263 e. The molecule has 1 aliphatic heterocycles. The van der Waals surface area contributed by atoms with Crippen LogP contribution in [0.3, 0.4) is 0 Å². The number of benzene rings is 1. The second-order valence-electron chi connectivity index (χ2n) is 6.38. The molecule has 0 spiro atoms. The van der Waals surface area contributed by atoms with E-state index in [0.717, 1.165) is 35.9 Å². The molecule has 1 aromatic heterocycles. The lowest BCUT2D eigenvalue weighted by Crippen LogP contribution is -2.33. The quantitative estimate of drug-likeness (QED) is 0.807. The molecular formula is C19H23N3O2S. The molecule has 3 rings (SSSR count). The molecule has 0 bridgehead atoms. The number of nitrogens with zero attached hydrogens (tertiary/aromatic N) is 2. The maximum atomic E-state index is 12.4. The predicted molar refractivity (Wildman–Crippen MR) is 100 cm³/mol. The van der Waals surface area contributed by atoms with Gasteiger partial charge < -0.3 is 10.2 Å². The second-order valence-corrected chi connectivity index (χ2v) is 7.37. The number of nitrogens with one attached hydrogen (secondary N) is 1. The Bertz CT molecular complexity index is 779. The van der Waals surface area contributed by atoms with E-state index in [0.29, 0.717) is 17.0 Å². The van der Waals surface area contributed by atoms with Crippen LogP contribution in [0, 0.1) is 6.92 Å². The van der Waals surface area contributed by atoms with Gasteiger partial charge in [0.15, 0.2) is 5.78 Å². The zero-order valence-corrected chi connectivity index (χ0v) is 15.5. The van der Waals surface area contributed by atoms with E-state index >= 15 is 0 Å². The van der Waals surface area contributed by atoms with Crippen molar-refractivity contribution in [3.8, 4) is 10.6 Å². The number of thiazole rings is 1. The van der Waals surface area contributed by atoms with Crippen LogP contribution < -0.4 is 5.32 Å². The second kappa shape index (κ2) is 7.89. The number of ketones is 1. The van der Waals surface area contributed by atoms with Crippen molar-refractivity contribution in [1.82, 2.24) is 15.2 Å². The summed E-state index contributed by atoms with van der Waals surface area (Å²) >= 11 is 1.38. The molecule has 0 aliphatic carbocycles. The van der Waals surface area contributed by atoms with Gasteiger partial charge in [-0.2, -0.15) is 0 Å². The third-order valence-electron chi connectivity index (χ3n) is 4.43. The number of amides is 1. The number of rotatable bonds is 6. The van der Waals surface area contributed by atoms with Crippen LogP contribution in [0.1, 0.15) is 45.5 Å². The van der Waals surface area contributed by atoms with E-state index in [2.05, 4.69) is 15.2 Å². The van der Waals surface area contributed by atoms with Crippen molar-refractivity contribution in [1.29, 1.82) is 0 Å². The van der Waals surface area contributed by atoms with Crippen molar-refractivity contribution in [2.75, 3.05) is 26.2 Å². The van der Waals surface area contributed by atoms with Crippen LogP contribution >= 0.6 is 11.3 Å². The van der Waals surface area contributed by atoms with Crippen LogP contribution in [-0.2, 0) is 0 Å². The van der Waals surface area contributed by atoms with Gasteiger partial charge in [0.1, 0.15) is 9.88 Å². The highest BCUT2D eigenvalue weighted by molar-refractivity contribution is 7.17. The Balaban J connectivity index is 1.68. The zero-order valence-electron chi connectivity index (χ0n) is 14.7. The molecule has 132 valence electrons. The molecule has 2 aromatic rings. The minimum absolute atomic E-state index is 0.0232. The Morgan fingerprint density at radius 3 is 2.76 bits per heavy atom. The number of Topliss-reactive ketones (excluding diaryl/α,β-unsaturated/α-hetero) is 1. The Labute approximate surface area is 152 Å². The molecule has 0 atom stereocenters. The minimum atomic E-state index is -0.0665. The van der Waals surface area contributed by atoms with E-state index in [9.17, 15) is 9.59 Å². The lowest BCUT2D eigenvalue weighted by Gasteiger charge is -2.14. The van der Waals surface area contributed by atoms with E-state index in [4.69, 9.17) is 0 Å². The first-order chi connectivity index (χ1) is 12.0.